The summed E-state index contributed by atoms with van der Waals surface area (Å²) in [6, 6.07) is 0. The summed E-state index contributed by atoms with van der Waals surface area (Å²) in [5.41, 5.74) is 17.6. The molecular weight excluding hydrogens is 659 g/mol. The number of allylic oxidation sites excluding steroid dienone is 16. The van der Waals surface area contributed by atoms with E-state index in [9.17, 15) is 0 Å². The van der Waals surface area contributed by atoms with Gasteiger partial charge in [0.25, 0.3) is 0 Å². The minimum absolute atomic E-state index is 0. The van der Waals surface area contributed by atoms with E-state index in [4.69, 9.17) is 0 Å². The third-order valence-corrected chi connectivity index (χ3v) is 10.2. The van der Waals surface area contributed by atoms with E-state index < -0.39 is 0 Å². The van der Waals surface area contributed by atoms with Gasteiger partial charge in [-0.2, -0.15) is 44.6 Å². The molecular formula is C40H60Hf. The average Bonchev–Trinajstić information content (AvgIpc) is 3.28. The first-order valence-electron chi connectivity index (χ1n) is 15.0. The first-order chi connectivity index (χ1) is 17.8. The van der Waals surface area contributed by atoms with E-state index in [1.54, 1.807) is 0 Å². The van der Waals surface area contributed by atoms with Crippen molar-refractivity contribution >= 4 is 0 Å². The molecule has 4 aliphatic carbocycles. The molecule has 0 nitrogen and oxygen atoms in total. The van der Waals surface area contributed by atoms with Crippen LogP contribution in [0.4, 0.5) is 0 Å². The monoisotopic (exact) mass is 720 g/mol. The average molecular weight is 719 g/mol. The van der Waals surface area contributed by atoms with Gasteiger partial charge in [0.15, 0.2) is 0 Å². The molecule has 224 valence electrons. The molecule has 0 N–H and O–H groups in total. The normalized spacial score (nSPS) is 22.9. The summed E-state index contributed by atoms with van der Waals surface area (Å²) in [5, 5.41) is 0. The molecule has 0 aromatic carbocycles. The van der Waals surface area contributed by atoms with Crippen LogP contribution in [-0.2, 0) is 25.8 Å². The van der Waals surface area contributed by atoms with Gasteiger partial charge in [0, 0.05) is 0 Å². The minimum Gasteiger partial charge on any atom is -0.263 e. The van der Waals surface area contributed by atoms with Gasteiger partial charge in [-0.3, -0.25) is 24.3 Å². The molecule has 0 saturated carbocycles. The van der Waals surface area contributed by atoms with Crippen LogP contribution >= 0.6 is 0 Å². The van der Waals surface area contributed by atoms with Crippen molar-refractivity contribution in [3.8, 4) is 0 Å². The summed E-state index contributed by atoms with van der Waals surface area (Å²) in [6.07, 6.45) is 13.7. The Balaban J connectivity index is 0.000000516. The molecule has 0 fully saturated rings. The summed E-state index contributed by atoms with van der Waals surface area (Å²) < 4.78 is 0. The Kier molecular flexibility index (Phi) is 13.6. The van der Waals surface area contributed by atoms with E-state index in [1.165, 1.54) is 66.9 Å². The van der Waals surface area contributed by atoms with Gasteiger partial charge in [0.1, 0.15) is 0 Å². The van der Waals surface area contributed by atoms with Crippen LogP contribution in [0.5, 0.6) is 0 Å². The molecule has 0 amide bonds. The first-order valence-corrected chi connectivity index (χ1v) is 15.0. The van der Waals surface area contributed by atoms with Gasteiger partial charge in [0.05, 0.1) is 0 Å². The van der Waals surface area contributed by atoms with Crippen LogP contribution < -0.4 is 0 Å². The summed E-state index contributed by atoms with van der Waals surface area (Å²) in [6.45, 7) is 43.7. The molecule has 0 bridgehead atoms. The van der Waals surface area contributed by atoms with Gasteiger partial charge in [-0.05, 0) is 0 Å². The molecule has 0 saturated heterocycles. The Labute approximate surface area is 275 Å². The molecule has 0 atom stereocenters. The maximum atomic E-state index is 3.44. The molecule has 4 rings (SSSR count). The summed E-state index contributed by atoms with van der Waals surface area (Å²) in [4.78, 5) is 0. The maximum Gasteiger partial charge on any atom is 4.00 e. The Morgan fingerprint density at radius 1 is 0.293 bits per heavy atom. The zero-order valence-corrected chi connectivity index (χ0v) is 34.1. The van der Waals surface area contributed by atoms with Gasteiger partial charge >= 0.3 is 25.8 Å². The van der Waals surface area contributed by atoms with E-state index in [0.717, 1.165) is 0 Å². The van der Waals surface area contributed by atoms with Crippen molar-refractivity contribution < 1.29 is 25.8 Å². The second-order valence-electron chi connectivity index (χ2n) is 14.5. The Bertz CT molecular complexity index is 1060. The van der Waals surface area contributed by atoms with Crippen LogP contribution in [0.1, 0.15) is 138 Å². The van der Waals surface area contributed by atoms with Crippen LogP contribution in [0.15, 0.2) is 66.9 Å². The largest absolute Gasteiger partial charge is 4.00 e. The van der Waals surface area contributed by atoms with Crippen molar-refractivity contribution in [1.82, 2.24) is 0 Å². The van der Waals surface area contributed by atoms with Gasteiger partial charge in [-0.1, -0.05) is 132 Å². The maximum absolute atomic E-state index is 3.44. The van der Waals surface area contributed by atoms with E-state index in [-0.39, 0.29) is 47.5 Å². The smallest absolute Gasteiger partial charge is 0.263 e. The van der Waals surface area contributed by atoms with Crippen LogP contribution in [0.25, 0.3) is 0 Å². The van der Waals surface area contributed by atoms with Gasteiger partial charge in [0.2, 0.25) is 0 Å². The van der Waals surface area contributed by atoms with Crippen molar-refractivity contribution in [2.75, 3.05) is 0 Å². The second-order valence-corrected chi connectivity index (χ2v) is 14.5. The summed E-state index contributed by atoms with van der Waals surface area (Å²) in [5.74, 6) is 0. The molecule has 0 spiro atoms. The molecule has 0 unspecified atom stereocenters. The number of hydrogen-bond acceptors (Lipinski definition) is 0. The first kappa shape index (κ1) is 39.8. The molecule has 0 aromatic heterocycles. The fourth-order valence-electron chi connectivity index (χ4n) is 5.62. The van der Waals surface area contributed by atoms with Crippen molar-refractivity contribution in [3.05, 3.63) is 91.2 Å². The van der Waals surface area contributed by atoms with Crippen molar-refractivity contribution in [2.24, 2.45) is 21.7 Å². The van der Waals surface area contributed by atoms with E-state index >= 15 is 0 Å². The standard InChI is InChI=1S/4C10H15.Hf/c4*1-7-6-10(4,5)9(3)8(7)2;/h4*1-5H3;/q4*-1;+4. The third kappa shape index (κ3) is 9.39. The predicted molar refractivity (Wildman–Crippen MR) is 178 cm³/mol. The SMILES string of the molecule is CC1=[C-]C(C)(C)C(C)=C1C.CC1=[C-]C(C)(C)C(C)=C1C.CC1=[C-]C(C)(C)C(C)=C1C.CC1=[C-]C(C)(C)C(C)=C1C.[Hf+4]. The summed E-state index contributed by atoms with van der Waals surface area (Å²) >= 11 is 0. The fraction of sp³-hybridized carbons (Fsp3) is 0.600. The molecule has 0 aromatic rings. The Hall–Kier alpha value is -1.21. The van der Waals surface area contributed by atoms with Gasteiger partial charge < -0.3 is 0 Å². The topological polar surface area (TPSA) is 0 Å². The van der Waals surface area contributed by atoms with Crippen molar-refractivity contribution in [1.29, 1.82) is 0 Å². The van der Waals surface area contributed by atoms with Crippen molar-refractivity contribution in [2.45, 2.75) is 138 Å². The van der Waals surface area contributed by atoms with Crippen LogP contribution in [0.3, 0.4) is 0 Å². The molecule has 0 aliphatic heterocycles. The number of rotatable bonds is 0. The van der Waals surface area contributed by atoms with E-state index in [0.29, 0.717) is 0 Å². The quantitative estimate of drug-likeness (QED) is 0.173. The van der Waals surface area contributed by atoms with Crippen LogP contribution in [0.2, 0.25) is 0 Å². The zero-order chi connectivity index (χ0) is 31.8. The zero-order valence-electron chi connectivity index (χ0n) is 30.5. The summed E-state index contributed by atoms with van der Waals surface area (Å²) in [7, 11) is 0. The van der Waals surface area contributed by atoms with E-state index in [2.05, 4.69) is 163 Å². The third-order valence-electron chi connectivity index (χ3n) is 10.2. The number of hydrogen-bond donors (Lipinski definition) is 0. The van der Waals surface area contributed by atoms with Crippen LogP contribution in [0, 0.1) is 46.0 Å². The second kappa shape index (κ2) is 14.1. The fourth-order valence-corrected chi connectivity index (χ4v) is 5.62. The minimum atomic E-state index is 0. The Morgan fingerprint density at radius 2 is 0.415 bits per heavy atom. The van der Waals surface area contributed by atoms with Crippen LogP contribution in [-0.4, -0.2) is 0 Å². The predicted octanol–water partition coefficient (Wildman–Crippen LogP) is 12.4. The Morgan fingerprint density at radius 3 is 0.439 bits per heavy atom. The molecule has 4 aliphatic rings. The molecule has 0 heterocycles. The van der Waals surface area contributed by atoms with Gasteiger partial charge in [-0.25, -0.2) is 22.3 Å². The molecule has 1 heteroatoms. The van der Waals surface area contributed by atoms with E-state index in [1.807, 2.05) is 0 Å². The van der Waals surface area contributed by atoms with Gasteiger partial charge in [-0.15, -0.1) is 27.7 Å². The molecule has 41 heavy (non-hydrogen) atoms. The molecule has 0 radical (unpaired) electrons. The van der Waals surface area contributed by atoms with Crippen molar-refractivity contribution in [3.63, 3.8) is 0 Å².